The van der Waals surface area contributed by atoms with Gasteiger partial charge < -0.3 is 15.7 Å². The molecule has 0 aromatic heterocycles. The van der Waals surface area contributed by atoms with Crippen LogP contribution in [0.5, 0.6) is 0 Å². The molecule has 1 aliphatic carbocycles. The lowest BCUT2D eigenvalue weighted by molar-refractivity contribution is -0.149. The second kappa shape index (κ2) is 7.66. The van der Waals surface area contributed by atoms with Crippen LogP contribution in [0.3, 0.4) is 0 Å². The summed E-state index contributed by atoms with van der Waals surface area (Å²) in [5.74, 6) is 0.493. The highest BCUT2D eigenvalue weighted by Gasteiger charge is 2.35. The number of amides is 2. The second-order valence-electron chi connectivity index (χ2n) is 6.58. The number of carboxylic acids is 1. The summed E-state index contributed by atoms with van der Waals surface area (Å²) in [5, 5.41) is 15.1. The van der Waals surface area contributed by atoms with E-state index < -0.39 is 11.4 Å². The normalized spacial score (nSPS) is 26.2. The fourth-order valence-corrected chi connectivity index (χ4v) is 3.04. The molecular formula is C16H30N2O3. The molecule has 0 spiro atoms. The number of hydrogen-bond donors (Lipinski definition) is 3. The number of rotatable bonds is 6. The van der Waals surface area contributed by atoms with Crippen molar-refractivity contribution in [2.24, 2.45) is 17.3 Å². The van der Waals surface area contributed by atoms with Gasteiger partial charge in [-0.25, -0.2) is 4.79 Å². The molecule has 0 heterocycles. The summed E-state index contributed by atoms with van der Waals surface area (Å²) in [7, 11) is 0. The highest BCUT2D eigenvalue weighted by molar-refractivity contribution is 5.78. The first-order chi connectivity index (χ1) is 9.84. The van der Waals surface area contributed by atoms with Gasteiger partial charge in [0.05, 0.1) is 5.41 Å². The molecule has 1 fully saturated rings. The molecule has 0 bridgehead atoms. The third-order valence-corrected chi connectivity index (χ3v) is 5.33. The summed E-state index contributed by atoms with van der Waals surface area (Å²) in [6.45, 7) is 8.35. The minimum atomic E-state index is -0.855. The first-order valence-electron chi connectivity index (χ1n) is 8.12. The molecule has 0 aromatic rings. The summed E-state index contributed by atoms with van der Waals surface area (Å²) in [6, 6.07) is -0.0343. The van der Waals surface area contributed by atoms with Crippen LogP contribution < -0.4 is 10.6 Å². The van der Waals surface area contributed by atoms with E-state index >= 15 is 0 Å². The third-order valence-electron chi connectivity index (χ3n) is 5.33. The van der Waals surface area contributed by atoms with Crippen LogP contribution in [0, 0.1) is 17.3 Å². The van der Waals surface area contributed by atoms with Crippen LogP contribution in [0.1, 0.15) is 59.8 Å². The zero-order chi connectivity index (χ0) is 16.0. The van der Waals surface area contributed by atoms with Crippen molar-refractivity contribution in [1.82, 2.24) is 10.6 Å². The lowest BCUT2D eigenvalue weighted by Crippen LogP contribution is -2.49. The van der Waals surface area contributed by atoms with Gasteiger partial charge in [0.25, 0.3) is 0 Å². The van der Waals surface area contributed by atoms with Crippen molar-refractivity contribution in [2.75, 3.05) is 6.54 Å². The smallest absolute Gasteiger partial charge is 0.315 e. The topological polar surface area (TPSA) is 78.4 Å². The van der Waals surface area contributed by atoms with Crippen LogP contribution in [0.2, 0.25) is 0 Å². The Morgan fingerprint density at radius 1 is 1.14 bits per heavy atom. The number of carbonyl (C=O) groups is 2. The monoisotopic (exact) mass is 298 g/mol. The van der Waals surface area contributed by atoms with Gasteiger partial charge in [0.15, 0.2) is 0 Å². The summed E-state index contributed by atoms with van der Waals surface area (Å²) in [4.78, 5) is 23.4. The molecule has 3 atom stereocenters. The van der Waals surface area contributed by atoms with Crippen molar-refractivity contribution in [3.63, 3.8) is 0 Å². The SMILES string of the molecule is CCC(CC)(CNC(=O)NC1CCC(C)C(C)C1)C(=O)O. The molecule has 0 aliphatic heterocycles. The molecule has 0 aromatic carbocycles. The van der Waals surface area contributed by atoms with E-state index in [0.29, 0.717) is 24.7 Å². The van der Waals surface area contributed by atoms with Crippen molar-refractivity contribution in [3.8, 4) is 0 Å². The fourth-order valence-electron chi connectivity index (χ4n) is 3.04. The Balaban J connectivity index is 2.45. The van der Waals surface area contributed by atoms with Gasteiger partial charge in [-0.1, -0.05) is 27.7 Å². The van der Waals surface area contributed by atoms with E-state index in [2.05, 4.69) is 24.5 Å². The Labute approximate surface area is 127 Å². The number of carboxylic acid groups (broad SMARTS) is 1. The molecule has 2 amide bonds. The van der Waals surface area contributed by atoms with Gasteiger partial charge in [-0.2, -0.15) is 0 Å². The van der Waals surface area contributed by atoms with Crippen LogP contribution in [-0.2, 0) is 4.79 Å². The third kappa shape index (κ3) is 4.61. The summed E-state index contributed by atoms with van der Waals surface area (Å²) >= 11 is 0. The molecule has 5 heteroatoms. The standard InChI is InChI=1S/C16H30N2O3/c1-5-16(6-2,14(19)20)10-17-15(21)18-13-8-7-11(3)12(4)9-13/h11-13H,5-10H2,1-4H3,(H,19,20)(H2,17,18,21). The minimum Gasteiger partial charge on any atom is -0.481 e. The number of aliphatic carboxylic acids is 1. The minimum absolute atomic E-state index is 0.180. The van der Waals surface area contributed by atoms with E-state index in [1.165, 1.54) is 0 Å². The number of nitrogens with one attached hydrogen (secondary N) is 2. The molecule has 0 radical (unpaired) electrons. The van der Waals surface area contributed by atoms with Gasteiger partial charge in [-0.05, 0) is 43.9 Å². The zero-order valence-corrected chi connectivity index (χ0v) is 13.7. The molecule has 1 aliphatic rings. The second-order valence-corrected chi connectivity index (χ2v) is 6.58. The maximum absolute atomic E-state index is 12.0. The van der Waals surface area contributed by atoms with Gasteiger partial charge in [0, 0.05) is 12.6 Å². The Hall–Kier alpha value is -1.26. The van der Waals surface area contributed by atoms with Gasteiger partial charge in [0.2, 0.25) is 0 Å². The van der Waals surface area contributed by atoms with Gasteiger partial charge in [-0.15, -0.1) is 0 Å². The average Bonchev–Trinajstić information content (AvgIpc) is 2.44. The number of hydrogen-bond acceptors (Lipinski definition) is 2. The molecule has 21 heavy (non-hydrogen) atoms. The zero-order valence-electron chi connectivity index (χ0n) is 13.7. The summed E-state index contributed by atoms with van der Waals surface area (Å²) < 4.78 is 0. The first kappa shape index (κ1) is 17.8. The molecular weight excluding hydrogens is 268 g/mol. The highest BCUT2D eigenvalue weighted by atomic mass is 16.4. The van der Waals surface area contributed by atoms with Crippen molar-refractivity contribution in [2.45, 2.75) is 65.8 Å². The molecule has 1 rings (SSSR count). The Morgan fingerprint density at radius 2 is 1.76 bits per heavy atom. The predicted octanol–water partition coefficient (Wildman–Crippen LogP) is 3.00. The lowest BCUT2D eigenvalue weighted by Gasteiger charge is -2.33. The van der Waals surface area contributed by atoms with Crippen LogP contribution >= 0.6 is 0 Å². The molecule has 0 saturated heterocycles. The van der Waals surface area contributed by atoms with Crippen LogP contribution in [-0.4, -0.2) is 29.7 Å². The molecule has 5 nitrogen and oxygen atoms in total. The lowest BCUT2D eigenvalue weighted by atomic mass is 9.79. The summed E-state index contributed by atoms with van der Waals surface area (Å²) in [5.41, 5.74) is -0.855. The fraction of sp³-hybridized carbons (Fsp3) is 0.875. The predicted molar refractivity (Wildman–Crippen MR) is 83.2 cm³/mol. The Kier molecular flexibility index (Phi) is 6.49. The van der Waals surface area contributed by atoms with E-state index in [9.17, 15) is 14.7 Å². The number of urea groups is 1. The van der Waals surface area contributed by atoms with E-state index in [-0.39, 0.29) is 18.6 Å². The van der Waals surface area contributed by atoms with Gasteiger partial charge >= 0.3 is 12.0 Å². The van der Waals surface area contributed by atoms with E-state index in [1.54, 1.807) is 0 Å². The molecule has 122 valence electrons. The summed E-state index contributed by atoms with van der Waals surface area (Å²) in [6.07, 6.45) is 4.16. The van der Waals surface area contributed by atoms with Crippen molar-refractivity contribution >= 4 is 12.0 Å². The van der Waals surface area contributed by atoms with Crippen LogP contribution in [0.25, 0.3) is 0 Å². The maximum Gasteiger partial charge on any atom is 0.315 e. The quantitative estimate of drug-likeness (QED) is 0.705. The Bertz CT molecular complexity index is 367. The van der Waals surface area contributed by atoms with Crippen LogP contribution in [0.15, 0.2) is 0 Å². The largest absolute Gasteiger partial charge is 0.481 e. The average molecular weight is 298 g/mol. The van der Waals surface area contributed by atoms with Crippen molar-refractivity contribution in [1.29, 1.82) is 0 Å². The van der Waals surface area contributed by atoms with Gasteiger partial charge in [-0.3, -0.25) is 4.79 Å². The van der Waals surface area contributed by atoms with Crippen molar-refractivity contribution < 1.29 is 14.7 Å². The van der Waals surface area contributed by atoms with E-state index in [4.69, 9.17) is 0 Å². The van der Waals surface area contributed by atoms with E-state index in [1.807, 2.05) is 13.8 Å². The maximum atomic E-state index is 12.0. The van der Waals surface area contributed by atoms with Crippen molar-refractivity contribution in [3.05, 3.63) is 0 Å². The van der Waals surface area contributed by atoms with E-state index in [0.717, 1.165) is 19.3 Å². The Morgan fingerprint density at radius 3 is 2.24 bits per heavy atom. The van der Waals surface area contributed by atoms with Gasteiger partial charge in [0.1, 0.15) is 0 Å². The number of carbonyl (C=O) groups excluding carboxylic acids is 1. The first-order valence-corrected chi connectivity index (χ1v) is 8.12. The van der Waals surface area contributed by atoms with Crippen LogP contribution in [0.4, 0.5) is 4.79 Å². The molecule has 3 N–H and O–H groups in total. The molecule has 3 unspecified atom stereocenters. The molecule has 1 saturated carbocycles. The highest BCUT2D eigenvalue weighted by Crippen LogP contribution is 2.29.